The molecule has 0 heterocycles. The Morgan fingerprint density at radius 1 is 0.270 bits per heavy atom. The van der Waals surface area contributed by atoms with Crippen LogP contribution in [-0.4, -0.2) is 37.2 Å². The Hall–Kier alpha value is -2.11. The van der Waals surface area contributed by atoms with Gasteiger partial charge in [0.15, 0.2) is 6.10 Å². The van der Waals surface area contributed by atoms with Gasteiger partial charge in [-0.15, -0.1) is 0 Å². The molecule has 0 aromatic carbocycles. The van der Waals surface area contributed by atoms with Crippen LogP contribution in [0.1, 0.15) is 374 Å². The predicted molar refractivity (Wildman–Crippen MR) is 321 cm³/mol. The summed E-state index contributed by atoms with van der Waals surface area (Å²) < 4.78 is 16.9. The van der Waals surface area contributed by atoms with Gasteiger partial charge >= 0.3 is 17.9 Å². The normalized spacial score (nSPS) is 12.1. The Kier molecular flexibility index (Phi) is 61.6. The van der Waals surface area contributed by atoms with Crippen LogP contribution in [0.4, 0.5) is 0 Å². The van der Waals surface area contributed by atoms with Crippen LogP contribution in [0.25, 0.3) is 0 Å². The lowest BCUT2D eigenvalue weighted by Crippen LogP contribution is -2.30. The molecule has 0 rings (SSSR count). The van der Waals surface area contributed by atoms with Crippen molar-refractivity contribution in [3.05, 3.63) is 24.3 Å². The number of ether oxygens (including phenoxy) is 3. The van der Waals surface area contributed by atoms with E-state index in [9.17, 15) is 14.4 Å². The van der Waals surface area contributed by atoms with Crippen molar-refractivity contribution in [3.63, 3.8) is 0 Å². The first-order chi connectivity index (χ1) is 36.5. The van der Waals surface area contributed by atoms with Gasteiger partial charge in [0, 0.05) is 19.3 Å². The molecule has 6 heteroatoms. The second-order valence-electron chi connectivity index (χ2n) is 22.7. The molecule has 0 radical (unpaired) electrons. The molecular weight excluding hydrogens is 913 g/mol. The van der Waals surface area contributed by atoms with Crippen molar-refractivity contribution in [1.82, 2.24) is 0 Å². The summed E-state index contributed by atoms with van der Waals surface area (Å²) in [7, 11) is 0. The van der Waals surface area contributed by atoms with Gasteiger partial charge in [0.25, 0.3) is 0 Å². The molecule has 0 saturated carbocycles. The zero-order valence-corrected chi connectivity index (χ0v) is 50.1. The summed E-state index contributed by atoms with van der Waals surface area (Å²) in [5, 5.41) is 0. The zero-order chi connectivity index (χ0) is 53.6. The first kappa shape index (κ1) is 71.9. The molecule has 0 aromatic rings. The van der Waals surface area contributed by atoms with Gasteiger partial charge in [0.05, 0.1) is 0 Å². The number of allylic oxidation sites excluding steroid dienone is 4. The molecule has 0 spiro atoms. The van der Waals surface area contributed by atoms with Crippen LogP contribution in [0.3, 0.4) is 0 Å². The highest BCUT2D eigenvalue weighted by molar-refractivity contribution is 5.71. The molecule has 0 saturated heterocycles. The van der Waals surface area contributed by atoms with Gasteiger partial charge in [0.1, 0.15) is 13.2 Å². The van der Waals surface area contributed by atoms with Crippen molar-refractivity contribution in [3.8, 4) is 0 Å². The Morgan fingerprint density at radius 3 is 0.770 bits per heavy atom. The third-order valence-electron chi connectivity index (χ3n) is 15.2. The molecule has 6 nitrogen and oxygen atoms in total. The van der Waals surface area contributed by atoms with E-state index in [4.69, 9.17) is 14.2 Å². The van der Waals surface area contributed by atoms with Crippen molar-refractivity contribution in [1.29, 1.82) is 0 Å². The molecule has 436 valence electrons. The standard InChI is InChI=1S/C68H128O6/c1-4-7-10-13-16-19-22-25-27-29-30-31-32-33-34-35-36-37-38-40-41-43-46-49-52-55-58-61-67(70)73-64-65(63-72-66(69)60-57-54-51-48-45-24-21-18-15-12-9-6-3)74-68(71)62-59-56-53-50-47-44-42-39-28-26-23-20-17-14-11-8-5-2/h17,20,26,28,65H,4-16,18-19,21-25,27,29-64H2,1-3H3/b20-17-,28-26-. The number of esters is 3. The molecule has 0 amide bonds. The molecule has 1 atom stereocenters. The molecule has 0 fully saturated rings. The number of hydrogen-bond acceptors (Lipinski definition) is 6. The highest BCUT2D eigenvalue weighted by Crippen LogP contribution is 2.18. The maximum atomic E-state index is 12.9. The summed E-state index contributed by atoms with van der Waals surface area (Å²) in [6.07, 6.45) is 76.3. The van der Waals surface area contributed by atoms with E-state index in [0.29, 0.717) is 19.3 Å². The van der Waals surface area contributed by atoms with E-state index in [2.05, 4.69) is 45.1 Å². The number of hydrogen-bond donors (Lipinski definition) is 0. The van der Waals surface area contributed by atoms with E-state index < -0.39 is 6.10 Å². The number of rotatable bonds is 62. The van der Waals surface area contributed by atoms with Crippen molar-refractivity contribution in [2.45, 2.75) is 380 Å². The van der Waals surface area contributed by atoms with E-state index in [1.165, 1.54) is 263 Å². The van der Waals surface area contributed by atoms with Gasteiger partial charge in [-0.2, -0.15) is 0 Å². The summed E-state index contributed by atoms with van der Waals surface area (Å²) in [6.45, 7) is 6.67. The van der Waals surface area contributed by atoms with Crippen molar-refractivity contribution in [2.75, 3.05) is 13.2 Å². The number of unbranched alkanes of at least 4 members (excludes halogenated alkanes) is 47. The van der Waals surface area contributed by atoms with Crippen LogP contribution in [0.15, 0.2) is 24.3 Å². The van der Waals surface area contributed by atoms with E-state index in [1.807, 2.05) is 0 Å². The molecule has 0 aromatic heterocycles. The minimum absolute atomic E-state index is 0.0686. The van der Waals surface area contributed by atoms with Gasteiger partial charge in [-0.05, 0) is 51.4 Å². The van der Waals surface area contributed by atoms with Crippen molar-refractivity contribution < 1.29 is 28.6 Å². The fraction of sp³-hybridized carbons (Fsp3) is 0.897. The summed E-state index contributed by atoms with van der Waals surface area (Å²) in [5.74, 6) is -0.849. The predicted octanol–water partition coefficient (Wildman–Crippen LogP) is 22.6. The zero-order valence-electron chi connectivity index (χ0n) is 50.1. The largest absolute Gasteiger partial charge is 0.462 e. The third kappa shape index (κ3) is 60.8. The highest BCUT2D eigenvalue weighted by atomic mass is 16.6. The molecule has 0 aliphatic rings. The molecular formula is C68H128O6. The second kappa shape index (κ2) is 63.4. The summed E-state index contributed by atoms with van der Waals surface area (Å²) >= 11 is 0. The molecule has 0 bridgehead atoms. The Morgan fingerprint density at radius 2 is 0.486 bits per heavy atom. The lowest BCUT2D eigenvalue weighted by atomic mass is 10.0. The maximum absolute atomic E-state index is 12.9. The van der Waals surface area contributed by atoms with E-state index in [1.54, 1.807) is 0 Å². The average molecular weight is 1040 g/mol. The second-order valence-corrected chi connectivity index (χ2v) is 22.7. The number of carbonyl (C=O) groups is 3. The van der Waals surface area contributed by atoms with E-state index in [0.717, 1.165) is 70.6 Å². The molecule has 0 N–H and O–H groups in total. The van der Waals surface area contributed by atoms with Gasteiger partial charge in [-0.25, -0.2) is 0 Å². The molecule has 0 aliphatic carbocycles. The van der Waals surface area contributed by atoms with Crippen molar-refractivity contribution >= 4 is 17.9 Å². The first-order valence-corrected chi connectivity index (χ1v) is 33.3. The lowest BCUT2D eigenvalue weighted by molar-refractivity contribution is -0.167. The van der Waals surface area contributed by atoms with Crippen LogP contribution >= 0.6 is 0 Å². The Labute approximate surface area is 462 Å². The molecule has 1 unspecified atom stereocenters. The Bertz CT molecular complexity index is 1190. The SMILES string of the molecule is CCCCC/C=C\C/C=C\CCCCCCCCCC(=O)OC(COC(=O)CCCCCCCCCCCCCC)COC(=O)CCCCCCCCCCCCCCCCCCCCCCCCCCCCC. The van der Waals surface area contributed by atoms with Crippen LogP contribution in [0.5, 0.6) is 0 Å². The highest BCUT2D eigenvalue weighted by Gasteiger charge is 2.19. The van der Waals surface area contributed by atoms with E-state index >= 15 is 0 Å². The average Bonchev–Trinajstić information content (AvgIpc) is 3.40. The smallest absolute Gasteiger partial charge is 0.306 e. The van der Waals surface area contributed by atoms with Gasteiger partial charge in [-0.3, -0.25) is 14.4 Å². The minimum atomic E-state index is -0.771. The Balaban J connectivity index is 4.17. The quantitative estimate of drug-likeness (QED) is 0.0261. The molecule has 0 aliphatic heterocycles. The van der Waals surface area contributed by atoms with Crippen LogP contribution in [0, 0.1) is 0 Å². The third-order valence-corrected chi connectivity index (χ3v) is 15.2. The maximum Gasteiger partial charge on any atom is 0.306 e. The summed E-state index contributed by atoms with van der Waals surface area (Å²) in [6, 6.07) is 0. The van der Waals surface area contributed by atoms with Crippen LogP contribution < -0.4 is 0 Å². The van der Waals surface area contributed by atoms with Gasteiger partial charge in [0.2, 0.25) is 0 Å². The monoisotopic (exact) mass is 1040 g/mol. The molecule has 74 heavy (non-hydrogen) atoms. The van der Waals surface area contributed by atoms with Gasteiger partial charge in [-0.1, -0.05) is 328 Å². The van der Waals surface area contributed by atoms with Crippen molar-refractivity contribution in [2.24, 2.45) is 0 Å². The summed E-state index contributed by atoms with van der Waals surface area (Å²) in [5.41, 5.74) is 0. The number of carbonyl (C=O) groups excluding carboxylic acids is 3. The topological polar surface area (TPSA) is 78.9 Å². The lowest BCUT2D eigenvalue weighted by Gasteiger charge is -2.18. The van der Waals surface area contributed by atoms with Crippen LogP contribution in [0.2, 0.25) is 0 Å². The minimum Gasteiger partial charge on any atom is -0.462 e. The van der Waals surface area contributed by atoms with E-state index in [-0.39, 0.29) is 31.1 Å². The fourth-order valence-electron chi connectivity index (χ4n) is 10.2. The first-order valence-electron chi connectivity index (χ1n) is 33.3. The van der Waals surface area contributed by atoms with Crippen LogP contribution in [-0.2, 0) is 28.6 Å². The van der Waals surface area contributed by atoms with Gasteiger partial charge < -0.3 is 14.2 Å². The fourth-order valence-corrected chi connectivity index (χ4v) is 10.2. The summed E-state index contributed by atoms with van der Waals surface area (Å²) in [4.78, 5) is 38.3.